The second-order valence-electron chi connectivity index (χ2n) is 4.06. The number of nitrogens with two attached hydrogens (primary N) is 1. The van der Waals surface area contributed by atoms with Crippen LogP contribution in [0, 0.1) is 0 Å². The van der Waals surface area contributed by atoms with Crippen LogP contribution >= 0.6 is 0 Å². The van der Waals surface area contributed by atoms with Crippen LogP contribution in [0.15, 0.2) is 0 Å². The lowest BCUT2D eigenvalue weighted by molar-refractivity contribution is -0.155. The fourth-order valence-electron chi connectivity index (χ4n) is 0.865. The highest BCUT2D eigenvalue weighted by atomic mass is 16.6. The second kappa shape index (κ2) is 5.19. The summed E-state index contributed by atoms with van der Waals surface area (Å²) in [6.45, 7) is 5.43. The van der Waals surface area contributed by atoms with Crippen LogP contribution in [0.25, 0.3) is 0 Å². The monoisotopic (exact) mass is 189 g/mol. The van der Waals surface area contributed by atoms with E-state index in [0.717, 1.165) is 0 Å². The van der Waals surface area contributed by atoms with Crippen molar-refractivity contribution in [3.8, 4) is 0 Å². The standard InChI is InChI=1S/C9H19NO3/c1-9(2,3)13-8(12)6-7(10)4-5-11/h7,11H,4-6,10H2,1-3H3/t7-/m1/s1. The van der Waals surface area contributed by atoms with E-state index in [1.807, 2.05) is 20.8 Å². The minimum absolute atomic E-state index is 0.00393. The number of carbonyl (C=O) groups is 1. The molecule has 78 valence electrons. The molecule has 0 rings (SSSR count). The fourth-order valence-corrected chi connectivity index (χ4v) is 0.865. The Morgan fingerprint density at radius 3 is 2.46 bits per heavy atom. The molecule has 0 aliphatic heterocycles. The highest BCUT2D eigenvalue weighted by Gasteiger charge is 2.18. The third kappa shape index (κ3) is 7.74. The van der Waals surface area contributed by atoms with Crippen molar-refractivity contribution in [1.29, 1.82) is 0 Å². The van der Waals surface area contributed by atoms with Gasteiger partial charge in [0.15, 0.2) is 0 Å². The van der Waals surface area contributed by atoms with Gasteiger partial charge in [0, 0.05) is 12.6 Å². The molecule has 0 saturated carbocycles. The molecule has 0 aromatic rings. The zero-order valence-electron chi connectivity index (χ0n) is 8.54. The molecule has 0 heterocycles. The number of hydrogen-bond donors (Lipinski definition) is 2. The van der Waals surface area contributed by atoms with E-state index < -0.39 is 5.60 Å². The predicted molar refractivity (Wildman–Crippen MR) is 50.1 cm³/mol. The van der Waals surface area contributed by atoms with Crippen molar-refractivity contribution in [2.24, 2.45) is 5.73 Å². The van der Waals surface area contributed by atoms with Gasteiger partial charge in [-0.05, 0) is 27.2 Å². The van der Waals surface area contributed by atoms with E-state index >= 15 is 0 Å². The normalized spacial score (nSPS) is 13.9. The molecule has 0 fully saturated rings. The summed E-state index contributed by atoms with van der Waals surface area (Å²) < 4.78 is 5.05. The van der Waals surface area contributed by atoms with E-state index in [1.165, 1.54) is 0 Å². The van der Waals surface area contributed by atoms with Crippen molar-refractivity contribution in [3.05, 3.63) is 0 Å². The molecule has 0 aliphatic rings. The predicted octanol–water partition coefficient (Wildman–Crippen LogP) is 0.428. The first-order valence-corrected chi connectivity index (χ1v) is 4.43. The first-order chi connectivity index (χ1) is 5.85. The number of aliphatic hydroxyl groups is 1. The van der Waals surface area contributed by atoms with E-state index in [2.05, 4.69) is 0 Å². The maximum absolute atomic E-state index is 11.2. The van der Waals surface area contributed by atoms with Crippen molar-refractivity contribution in [2.75, 3.05) is 6.61 Å². The Kier molecular flexibility index (Phi) is 4.95. The summed E-state index contributed by atoms with van der Waals surface area (Å²) in [5.74, 6) is -0.312. The fraction of sp³-hybridized carbons (Fsp3) is 0.889. The summed E-state index contributed by atoms with van der Waals surface area (Å²) in [5, 5.41) is 8.55. The van der Waals surface area contributed by atoms with E-state index in [0.29, 0.717) is 6.42 Å². The number of aliphatic hydroxyl groups excluding tert-OH is 1. The SMILES string of the molecule is CC(C)(C)OC(=O)C[C@H](N)CCO. The first kappa shape index (κ1) is 12.4. The highest BCUT2D eigenvalue weighted by Crippen LogP contribution is 2.09. The van der Waals surface area contributed by atoms with Gasteiger partial charge >= 0.3 is 5.97 Å². The third-order valence-electron chi connectivity index (χ3n) is 1.35. The van der Waals surface area contributed by atoms with Gasteiger partial charge in [0.2, 0.25) is 0 Å². The molecule has 3 N–H and O–H groups in total. The van der Waals surface area contributed by atoms with Crippen LogP contribution in [0.4, 0.5) is 0 Å². The Morgan fingerprint density at radius 2 is 2.08 bits per heavy atom. The molecular weight excluding hydrogens is 170 g/mol. The number of hydrogen-bond acceptors (Lipinski definition) is 4. The molecule has 13 heavy (non-hydrogen) atoms. The van der Waals surface area contributed by atoms with Crippen molar-refractivity contribution in [3.63, 3.8) is 0 Å². The van der Waals surface area contributed by atoms with E-state index in [-0.39, 0.29) is 25.0 Å². The average Bonchev–Trinajstić information content (AvgIpc) is 1.81. The molecule has 0 spiro atoms. The van der Waals surface area contributed by atoms with Crippen LogP contribution in [-0.4, -0.2) is 29.3 Å². The third-order valence-corrected chi connectivity index (χ3v) is 1.35. The average molecular weight is 189 g/mol. The van der Waals surface area contributed by atoms with Crippen molar-refractivity contribution in [2.45, 2.75) is 45.3 Å². The Bertz CT molecular complexity index is 163. The number of ether oxygens (including phenoxy) is 1. The minimum Gasteiger partial charge on any atom is -0.460 e. The van der Waals surface area contributed by atoms with Gasteiger partial charge in [-0.2, -0.15) is 0 Å². The lowest BCUT2D eigenvalue weighted by Crippen LogP contribution is -2.30. The largest absolute Gasteiger partial charge is 0.460 e. The van der Waals surface area contributed by atoms with Gasteiger partial charge in [0.25, 0.3) is 0 Å². The maximum Gasteiger partial charge on any atom is 0.307 e. The summed E-state index contributed by atoms with van der Waals surface area (Å²) in [6, 6.07) is -0.306. The van der Waals surface area contributed by atoms with Gasteiger partial charge in [0.05, 0.1) is 6.42 Å². The molecular formula is C9H19NO3. The molecule has 0 radical (unpaired) electrons. The van der Waals surface area contributed by atoms with Crippen LogP contribution in [-0.2, 0) is 9.53 Å². The van der Waals surface area contributed by atoms with Crippen LogP contribution in [0.3, 0.4) is 0 Å². The molecule has 1 atom stereocenters. The van der Waals surface area contributed by atoms with Crippen LogP contribution in [0.1, 0.15) is 33.6 Å². The Hall–Kier alpha value is -0.610. The van der Waals surface area contributed by atoms with Gasteiger partial charge in [-0.3, -0.25) is 4.79 Å². The van der Waals surface area contributed by atoms with Crippen molar-refractivity contribution < 1.29 is 14.6 Å². The molecule has 0 saturated heterocycles. The van der Waals surface area contributed by atoms with Gasteiger partial charge in [-0.15, -0.1) is 0 Å². The smallest absolute Gasteiger partial charge is 0.307 e. The highest BCUT2D eigenvalue weighted by molar-refractivity contribution is 5.70. The van der Waals surface area contributed by atoms with E-state index in [9.17, 15) is 4.79 Å². The van der Waals surface area contributed by atoms with E-state index in [1.54, 1.807) is 0 Å². The summed E-state index contributed by atoms with van der Waals surface area (Å²) in [7, 11) is 0. The van der Waals surface area contributed by atoms with E-state index in [4.69, 9.17) is 15.6 Å². The second-order valence-corrected chi connectivity index (χ2v) is 4.06. The molecule has 0 amide bonds. The minimum atomic E-state index is -0.462. The van der Waals surface area contributed by atoms with Gasteiger partial charge < -0.3 is 15.6 Å². The summed E-state index contributed by atoms with van der Waals surface area (Å²) in [6.07, 6.45) is 0.594. The quantitative estimate of drug-likeness (QED) is 0.629. The number of rotatable bonds is 4. The molecule has 0 bridgehead atoms. The lowest BCUT2D eigenvalue weighted by atomic mass is 10.1. The topological polar surface area (TPSA) is 72.5 Å². The van der Waals surface area contributed by atoms with Crippen molar-refractivity contribution in [1.82, 2.24) is 0 Å². The maximum atomic E-state index is 11.2. The van der Waals surface area contributed by atoms with Crippen LogP contribution in [0.2, 0.25) is 0 Å². The van der Waals surface area contributed by atoms with Gasteiger partial charge in [-0.1, -0.05) is 0 Å². The Labute approximate surface area is 79.1 Å². The summed E-state index contributed by atoms with van der Waals surface area (Å²) >= 11 is 0. The van der Waals surface area contributed by atoms with Crippen LogP contribution < -0.4 is 5.73 Å². The summed E-state index contributed by atoms with van der Waals surface area (Å²) in [5.41, 5.74) is 5.08. The van der Waals surface area contributed by atoms with Crippen LogP contribution in [0.5, 0.6) is 0 Å². The molecule has 0 unspecified atom stereocenters. The zero-order chi connectivity index (χ0) is 10.5. The molecule has 0 aromatic heterocycles. The Balaban J connectivity index is 3.74. The van der Waals surface area contributed by atoms with Gasteiger partial charge in [0.1, 0.15) is 5.60 Å². The zero-order valence-corrected chi connectivity index (χ0v) is 8.54. The molecule has 4 nitrogen and oxygen atoms in total. The first-order valence-electron chi connectivity index (χ1n) is 4.43. The number of esters is 1. The number of carbonyl (C=O) groups excluding carboxylic acids is 1. The van der Waals surface area contributed by atoms with Crippen molar-refractivity contribution >= 4 is 5.97 Å². The van der Waals surface area contributed by atoms with Gasteiger partial charge in [-0.25, -0.2) is 0 Å². The molecule has 4 heteroatoms. The lowest BCUT2D eigenvalue weighted by Gasteiger charge is -2.20. The molecule has 0 aromatic carbocycles. The Morgan fingerprint density at radius 1 is 1.54 bits per heavy atom. The molecule has 0 aliphatic carbocycles. The summed E-state index contributed by atoms with van der Waals surface area (Å²) in [4.78, 5) is 11.2.